The van der Waals surface area contributed by atoms with Gasteiger partial charge in [0, 0.05) is 18.7 Å². The number of amides is 1. The van der Waals surface area contributed by atoms with Gasteiger partial charge in [0.1, 0.15) is 5.75 Å². The van der Waals surface area contributed by atoms with E-state index in [0.29, 0.717) is 12.1 Å². The fourth-order valence-electron chi connectivity index (χ4n) is 2.15. The normalized spacial score (nSPS) is 17.9. The standard InChI is InChI=1S/C16H23NO3/c1-2-3-10-19-14-8-6-13(7-9-14)16(18)17-12-15-5-4-11-20-15/h6-9,15H,2-5,10-12H2,1H3,(H,17,18). The summed E-state index contributed by atoms with van der Waals surface area (Å²) >= 11 is 0. The van der Waals surface area contributed by atoms with Crippen molar-refractivity contribution < 1.29 is 14.3 Å². The fourth-order valence-corrected chi connectivity index (χ4v) is 2.15. The number of nitrogens with one attached hydrogen (secondary N) is 1. The number of carbonyl (C=O) groups excluding carboxylic acids is 1. The number of unbranched alkanes of at least 4 members (excludes halogenated alkanes) is 1. The minimum atomic E-state index is -0.0550. The molecule has 1 atom stereocenters. The van der Waals surface area contributed by atoms with Gasteiger partial charge in [0.25, 0.3) is 5.91 Å². The minimum absolute atomic E-state index is 0.0550. The van der Waals surface area contributed by atoms with Gasteiger partial charge in [-0.2, -0.15) is 0 Å². The highest BCUT2D eigenvalue weighted by molar-refractivity contribution is 5.94. The highest BCUT2D eigenvalue weighted by Crippen LogP contribution is 2.14. The van der Waals surface area contributed by atoms with Gasteiger partial charge in [-0.1, -0.05) is 13.3 Å². The zero-order valence-corrected chi connectivity index (χ0v) is 12.1. The number of ether oxygens (including phenoxy) is 2. The van der Waals surface area contributed by atoms with Gasteiger partial charge in [-0.05, 0) is 43.5 Å². The van der Waals surface area contributed by atoms with Gasteiger partial charge in [-0.15, -0.1) is 0 Å². The van der Waals surface area contributed by atoms with Crippen LogP contribution in [-0.2, 0) is 4.74 Å². The maximum absolute atomic E-state index is 12.0. The molecule has 1 unspecified atom stereocenters. The fraction of sp³-hybridized carbons (Fsp3) is 0.562. The van der Waals surface area contributed by atoms with Crippen LogP contribution in [0.5, 0.6) is 5.75 Å². The first kappa shape index (κ1) is 14.9. The zero-order chi connectivity index (χ0) is 14.2. The average Bonchev–Trinajstić information content (AvgIpc) is 2.99. The number of carbonyl (C=O) groups is 1. The predicted octanol–water partition coefficient (Wildman–Crippen LogP) is 2.77. The highest BCUT2D eigenvalue weighted by atomic mass is 16.5. The lowest BCUT2D eigenvalue weighted by atomic mass is 10.2. The Morgan fingerprint density at radius 3 is 2.85 bits per heavy atom. The Bertz CT molecular complexity index is 410. The second-order valence-corrected chi connectivity index (χ2v) is 5.07. The average molecular weight is 277 g/mol. The lowest BCUT2D eigenvalue weighted by Gasteiger charge is -2.11. The van der Waals surface area contributed by atoms with E-state index < -0.39 is 0 Å². The molecular formula is C16H23NO3. The van der Waals surface area contributed by atoms with Gasteiger partial charge in [-0.25, -0.2) is 0 Å². The summed E-state index contributed by atoms with van der Waals surface area (Å²) in [6.07, 6.45) is 4.46. The Morgan fingerprint density at radius 1 is 1.40 bits per heavy atom. The molecule has 1 aliphatic heterocycles. The van der Waals surface area contributed by atoms with Crippen molar-refractivity contribution in [1.29, 1.82) is 0 Å². The summed E-state index contributed by atoms with van der Waals surface area (Å²) in [7, 11) is 0. The lowest BCUT2D eigenvalue weighted by Crippen LogP contribution is -2.31. The Balaban J connectivity index is 1.77. The van der Waals surface area contributed by atoms with Gasteiger partial charge >= 0.3 is 0 Å². The first-order valence-corrected chi connectivity index (χ1v) is 7.42. The number of benzene rings is 1. The van der Waals surface area contributed by atoms with Crippen molar-refractivity contribution >= 4 is 5.91 Å². The van der Waals surface area contributed by atoms with Crippen LogP contribution in [0.2, 0.25) is 0 Å². The van der Waals surface area contributed by atoms with Gasteiger partial charge in [0.05, 0.1) is 12.7 Å². The van der Waals surface area contributed by atoms with E-state index in [-0.39, 0.29) is 12.0 Å². The molecular weight excluding hydrogens is 254 g/mol. The predicted molar refractivity (Wildman–Crippen MR) is 78.2 cm³/mol. The first-order chi connectivity index (χ1) is 9.79. The zero-order valence-electron chi connectivity index (χ0n) is 12.1. The molecule has 0 aliphatic carbocycles. The van der Waals surface area contributed by atoms with Crippen LogP contribution in [0.25, 0.3) is 0 Å². The maximum Gasteiger partial charge on any atom is 0.251 e. The minimum Gasteiger partial charge on any atom is -0.494 e. The van der Waals surface area contributed by atoms with E-state index in [1.54, 1.807) is 12.1 Å². The molecule has 1 aliphatic rings. The van der Waals surface area contributed by atoms with Gasteiger partial charge in [0.2, 0.25) is 0 Å². The summed E-state index contributed by atoms with van der Waals surface area (Å²) in [5, 5.41) is 2.91. The van der Waals surface area contributed by atoms with E-state index in [1.165, 1.54) is 0 Å². The Labute approximate surface area is 120 Å². The maximum atomic E-state index is 12.0. The summed E-state index contributed by atoms with van der Waals surface area (Å²) in [5.74, 6) is 0.759. The largest absolute Gasteiger partial charge is 0.494 e. The van der Waals surface area contributed by atoms with Gasteiger partial charge in [-0.3, -0.25) is 4.79 Å². The van der Waals surface area contributed by atoms with Crippen LogP contribution in [0.4, 0.5) is 0 Å². The number of rotatable bonds is 7. The van der Waals surface area contributed by atoms with Crippen LogP contribution >= 0.6 is 0 Å². The van der Waals surface area contributed by atoms with Gasteiger partial charge < -0.3 is 14.8 Å². The van der Waals surface area contributed by atoms with Crippen LogP contribution in [-0.4, -0.2) is 31.8 Å². The second-order valence-electron chi connectivity index (χ2n) is 5.07. The molecule has 1 aromatic rings. The molecule has 20 heavy (non-hydrogen) atoms. The summed E-state index contributed by atoms with van der Waals surface area (Å²) in [6, 6.07) is 7.28. The molecule has 4 heteroatoms. The molecule has 1 aromatic carbocycles. The molecule has 1 amide bonds. The van der Waals surface area contributed by atoms with Crippen LogP contribution < -0.4 is 10.1 Å². The van der Waals surface area contributed by atoms with Crippen LogP contribution in [0, 0.1) is 0 Å². The summed E-state index contributed by atoms with van der Waals surface area (Å²) in [4.78, 5) is 12.0. The van der Waals surface area contributed by atoms with E-state index in [9.17, 15) is 4.79 Å². The molecule has 0 bridgehead atoms. The Hall–Kier alpha value is -1.55. The summed E-state index contributed by atoms with van der Waals surface area (Å²) < 4.78 is 11.0. The molecule has 110 valence electrons. The molecule has 0 radical (unpaired) electrons. The highest BCUT2D eigenvalue weighted by Gasteiger charge is 2.16. The van der Waals surface area contributed by atoms with Crippen LogP contribution in [0.15, 0.2) is 24.3 Å². The number of hydrogen-bond acceptors (Lipinski definition) is 3. The third kappa shape index (κ3) is 4.53. The Morgan fingerprint density at radius 2 is 2.20 bits per heavy atom. The summed E-state index contributed by atoms with van der Waals surface area (Å²) in [6.45, 7) is 4.25. The van der Waals surface area contributed by atoms with Crippen LogP contribution in [0.1, 0.15) is 43.0 Å². The lowest BCUT2D eigenvalue weighted by molar-refractivity contribution is 0.0857. The number of hydrogen-bond donors (Lipinski definition) is 1. The molecule has 1 fully saturated rings. The molecule has 4 nitrogen and oxygen atoms in total. The van der Waals surface area contributed by atoms with Crippen molar-refractivity contribution in [1.82, 2.24) is 5.32 Å². The monoisotopic (exact) mass is 277 g/mol. The van der Waals surface area contributed by atoms with E-state index in [4.69, 9.17) is 9.47 Å². The van der Waals surface area contributed by atoms with Crippen molar-refractivity contribution in [2.75, 3.05) is 19.8 Å². The van der Waals surface area contributed by atoms with Crippen molar-refractivity contribution in [3.05, 3.63) is 29.8 Å². The van der Waals surface area contributed by atoms with Crippen molar-refractivity contribution in [2.45, 2.75) is 38.7 Å². The quantitative estimate of drug-likeness (QED) is 0.780. The SMILES string of the molecule is CCCCOc1ccc(C(=O)NCC2CCCO2)cc1. The van der Waals surface area contributed by atoms with E-state index >= 15 is 0 Å². The third-order valence-electron chi connectivity index (χ3n) is 3.40. The smallest absolute Gasteiger partial charge is 0.251 e. The molecule has 1 saturated heterocycles. The van der Waals surface area contributed by atoms with Crippen molar-refractivity contribution in [3.8, 4) is 5.75 Å². The van der Waals surface area contributed by atoms with Crippen molar-refractivity contribution in [2.24, 2.45) is 0 Å². The molecule has 0 aromatic heterocycles. The topological polar surface area (TPSA) is 47.6 Å². The van der Waals surface area contributed by atoms with E-state index in [2.05, 4.69) is 12.2 Å². The molecule has 2 rings (SSSR count). The second kappa shape index (κ2) is 7.90. The molecule has 0 spiro atoms. The van der Waals surface area contributed by atoms with Crippen molar-refractivity contribution in [3.63, 3.8) is 0 Å². The van der Waals surface area contributed by atoms with Crippen LogP contribution in [0.3, 0.4) is 0 Å². The summed E-state index contributed by atoms with van der Waals surface area (Å²) in [5.41, 5.74) is 0.658. The van der Waals surface area contributed by atoms with E-state index in [1.807, 2.05) is 12.1 Å². The van der Waals surface area contributed by atoms with Gasteiger partial charge in [0.15, 0.2) is 0 Å². The molecule has 1 N–H and O–H groups in total. The molecule has 0 saturated carbocycles. The molecule has 1 heterocycles. The Kier molecular flexibility index (Phi) is 5.87. The third-order valence-corrected chi connectivity index (χ3v) is 3.40. The van der Waals surface area contributed by atoms with E-state index in [0.717, 1.165) is 44.6 Å². The first-order valence-electron chi connectivity index (χ1n) is 7.42.